The fourth-order valence-electron chi connectivity index (χ4n) is 1.12. The summed E-state index contributed by atoms with van der Waals surface area (Å²) in [7, 11) is 0. The van der Waals surface area contributed by atoms with Crippen molar-refractivity contribution in [1.29, 1.82) is 0 Å². The van der Waals surface area contributed by atoms with Gasteiger partial charge in [0.05, 0.1) is 21.8 Å². The molecular formula is C11H13Cl2NO2. The van der Waals surface area contributed by atoms with E-state index < -0.39 is 6.09 Å². The highest BCUT2D eigenvalue weighted by Gasteiger charge is 2.13. The van der Waals surface area contributed by atoms with Gasteiger partial charge in [0.2, 0.25) is 0 Å². The van der Waals surface area contributed by atoms with Crippen molar-refractivity contribution in [3.05, 3.63) is 27.7 Å². The molecule has 88 valence electrons. The summed E-state index contributed by atoms with van der Waals surface area (Å²) in [4.78, 5) is 11.4. The van der Waals surface area contributed by atoms with E-state index in [4.69, 9.17) is 27.9 Å². The third-order valence-electron chi connectivity index (χ3n) is 1.85. The van der Waals surface area contributed by atoms with Crippen LogP contribution < -0.4 is 5.32 Å². The number of nitrogens with one attached hydrogen (secondary N) is 1. The van der Waals surface area contributed by atoms with Crippen LogP contribution in [-0.4, -0.2) is 12.2 Å². The van der Waals surface area contributed by atoms with Crippen molar-refractivity contribution in [2.75, 3.05) is 5.32 Å². The highest BCUT2D eigenvalue weighted by atomic mass is 35.5. The van der Waals surface area contributed by atoms with Crippen molar-refractivity contribution in [3.8, 4) is 0 Å². The summed E-state index contributed by atoms with van der Waals surface area (Å²) in [6.45, 7) is 5.36. The minimum Gasteiger partial charge on any atom is -0.447 e. The van der Waals surface area contributed by atoms with Gasteiger partial charge in [-0.2, -0.15) is 0 Å². The predicted octanol–water partition coefficient (Wildman–Crippen LogP) is 4.26. The van der Waals surface area contributed by atoms with Gasteiger partial charge in [-0.05, 0) is 32.4 Å². The monoisotopic (exact) mass is 261 g/mol. The number of rotatable bonds is 2. The molecule has 0 radical (unpaired) electrons. The summed E-state index contributed by atoms with van der Waals surface area (Å²) < 4.78 is 4.94. The number of benzene rings is 1. The number of halogens is 2. The zero-order valence-corrected chi connectivity index (χ0v) is 10.8. The second kappa shape index (κ2) is 5.41. The van der Waals surface area contributed by atoms with Crippen LogP contribution in [0.15, 0.2) is 12.1 Å². The second-order valence-corrected chi connectivity index (χ2v) is 4.42. The van der Waals surface area contributed by atoms with Crippen LogP contribution in [0.1, 0.15) is 19.4 Å². The van der Waals surface area contributed by atoms with Gasteiger partial charge in [-0.3, -0.25) is 5.32 Å². The van der Waals surface area contributed by atoms with Crippen molar-refractivity contribution in [1.82, 2.24) is 0 Å². The topological polar surface area (TPSA) is 38.3 Å². The van der Waals surface area contributed by atoms with Crippen LogP contribution in [0, 0.1) is 6.92 Å². The van der Waals surface area contributed by atoms with Crippen molar-refractivity contribution in [2.24, 2.45) is 0 Å². The lowest BCUT2D eigenvalue weighted by Gasteiger charge is -2.12. The Kier molecular flexibility index (Phi) is 4.44. The lowest BCUT2D eigenvalue weighted by Crippen LogP contribution is -2.18. The van der Waals surface area contributed by atoms with Crippen molar-refractivity contribution in [3.63, 3.8) is 0 Å². The Balaban J connectivity index is 2.88. The van der Waals surface area contributed by atoms with Crippen molar-refractivity contribution < 1.29 is 9.53 Å². The summed E-state index contributed by atoms with van der Waals surface area (Å²) >= 11 is 12.0. The molecule has 0 atom stereocenters. The molecule has 0 saturated heterocycles. The molecule has 1 N–H and O–H groups in total. The fourth-order valence-corrected chi connectivity index (χ4v) is 1.58. The van der Waals surface area contributed by atoms with E-state index in [0.717, 1.165) is 5.56 Å². The zero-order chi connectivity index (χ0) is 12.3. The van der Waals surface area contributed by atoms with E-state index in [1.807, 2.05) is 6.92 Å². The average Bonchev–Trinajstić information content (AvgIpc) is 2.17. The van der Waals surface area contributed by atoms with E-state index in [1.54, 1.807) is 26.0 Å². The van der Waals surface area contributed by atoms with Gasteiger partial charge in [0.15, 0.2) is 0 Å². The zero-order valence-electron chi connectivity index (χ0n) is 9.30. The molecule has 1 amide bonds. The summed E-state index contributed by atoms with van der Waals surface area (Å²) in [5.74, 6) is 0. The Hall–Kier alpha value is -0.930. The van der Waals surface area contributed by atoms with Crippen LogP contribution in [0.25, 0.3) is 0 Å². The van der Waals surface area contributed by atoms with Gasteiger partial charge in [-0.15, -0.1) is 0 Å². The Morgan fingerprint density at radius 1 is 1.38 bits per heavy atom. The molecule has 0 bridgehead atoms. The van der Waals surface area contributed by atoms with E-state index in [9.17, 15) is 4.79 Å². The largest absolute Gasteiger partial charge is 0.447 e. The maximum absolute atomic E-state index is 11.4. The molecule has 0 aliphatic carbocycles. The molecule has 3 nitrogen and oxygen atoms in total. The molecule has 0 heterocycles. The number of anilines is 1. The van der Waals surface area contributed by atoms with Gasteiger partial charge in [-0.25, -0.2) is 4.79 Å². The van der Waals surface area contributed by atoms with Crippen LogP contribution in [0.2, 0.25) is 10.0 Å². The molecule has 0 aromatic heterocycles. The molecule has 5 heteroatoms. The van der Waals surface area contributed by atoms with E-state index in [1.165, 1.54) is 0 Å². The molecule has 1 aromatic rings. The Morgan fingerprint density at radius 2 is 2.00 bits per heavy atom. The van der Waals surface area contributed by atoms with Gasteiger partial charge in [-0.1, -0.05) is 29.3 Å². The first kappa shape index (κ1) is 13.1. The SMILES string of the molecule is Cc1ccc(Cl)c(NC(=O)OC(C)C)c1Cl. The highest BCUT2D eigenvalue weighted by molar-refractivity contribution is 6.40. The van der Waals surface area contributed by atoms with Crippen LogP contribution in [-0.2, 0) is 4.74 Å². The molecule has 1 aromatic carbocycles. The number of ether oxygens (including phenoxy) is 1. The summed E-state index contributed by atoms with van der Waals surface area (Å²) in [6, 6.07) is 3.46. The first-order valence-electron chi connectivity index (χ1n) is 4.84. The number of amides is 1. The van der Waals surface area contributed by atoms with Crippen LogP contribution in [0.5, 0.6) is 0 Å². The quantitative estimate of drug-likeness (QED) is 0.864. The Bertz CT molecular complexity index is 405. The van der Waals surface area contributed by atoms with Gasteiger partial charge in [0, 0.05) is 0 Å². The molecular weight excluding hydrogens is 249 g/mol. The van der Waals surface area contributed by atoms with Crippen molar-refractivity contribution in [2.45, 2.75) is 26.9 Å². The lowest BCUT2D eigenvalue weighted by molar-refractivity contribution is 0.130. The van der Waals surface area contributed by atoms with Crippen LogP contribution in [0.3, 0.4) is 0 Å². The maximum Gasteiger partial charge on any atom is 0.411 e. The van der Waals surface area contributed by atoms with Gasteiger partial charge < -0.3 is 4.74 Å². The van der Waals surface area contributed by atoms with Crippen molar-refractivity contribution >= 4 is 35.0 Å². The van der Waals surface area contributed by atoms with Crippen LogP contribution >= 0.6 is 23.2 Å². The minimum atomic E-state index is -0.565. The molecule has 0 spiro atoms. The van der Waals surface area contributed by atoms with E-state index in [2.05, 4.69) is 5.32 Å². The van der Waals surface area contributed by atoms with Gasteiger partial charge >= 0.3 is 6.09 Å². The standard InChI is InChI=1S/C11H13Cl2NO2/c1-6(2)16-11(15)14-10-8(12)5-4-7(3)9(10)13/h4-6H,1-3H3,(H,14,15). The van der Waals surface area contributed by atoms with Gasteiger partial charge in [0.25, 0.3) is 0 Å². The number of hydrogen-bond acceptors (Lipinski definition) is 2. The molecule has 0 unspecified atom stereocenters. The first-order valence-corrected chi connectivity index (χ1v) is 5.59. The van der Waals surface area contributed by atoms with Gasteiger partial charge in [0.1, 0.15) is 0 Å². The average molecular weight is 262 g/mol. The molecule has 16 heavy (non-hydrogen) atoms. The normalized spacial score (nSPS) is 10.4. The number of hydrogen-bond donors (Lipinski definition) is 1. The Labute approximate surface area is 105 Å². The van der Waals surface area contributed by atoms with E-state index >= 15 is 0 Å². The third-order valence-corrected chi connectivity index (χ3v) is 2.66. The molecule has 0 saturated carbocycles. The second-order valence-electron chi connectivity index (χ2n) is 3.63. The van der Waals surface area contributed by atoms with Crippen LogP contribution in [0.4, 0.5) is 10.5 Å². The third kappa shape index (κ3) is 3.29. The molecule has 0 aliphatic rings. The maximum atomic E-state index is 11.4. The van der Waals surface area contributed by atoms with E-state index in [0.29, 0.717) is 15.7 Å². The fraction of sp³-hybridized carbons (Fsp3) is 0.364. The number of carbonyl (C=O) groups excluding carboxylic acids is 1. The number of aryl methyl sites for hydroxylation is 1. The highest BCUT2D eigenvalue weighted by Crippen LogP contribution is 2.32. The molecule has 1 rings (SSSR count). The summed E-state index contributed by atoms with van der Waals surface area (Å²) in [5.41, 5.74) is 1.22. The number of carbonyl (C=O) groups is 1. The summed E-state index contributed by atoms with van der Waals surface area (Å²) in [6.07, 6.45) is -0.758. The smallest absolute Gasteiger partial charge is 0.411 e. The molecule has 0 aliphatic heterocycles. The first-order chi connectivity index (χ1) is 7.41. The Morgan fingerprint density at radius 3 is 2.56 bits per heavy atom. The minimum absolute atomic E-state index is 0.192. The molecule has 0 fully saturated rings. The van der Waals surface area contributed by atoms with E-state index in [-0.39, 0.29) is 6.10 Å². The summed E-state index contributed by atoms with van der Waals surface area (Å²) in [5, 5.41) is 3.34. The lowest BCUT2D eigenvalue weighted by atomic mass is 10.2. The predicted molar refractivity (Wildman–Crippen MR) is 66.4 cm³/mol.